The number of rotatable bonds is 5. The first-order valence-corrected chi connectivity index (χ1v) is 8.76. The summed E-state index contributed by atoms with van der Waals surface area (Å²) in [5.74, 6) is -0.387. The van der Waals surface area contributed by atoms with E-state index < -0.39 is 0 Å². The van der Waals surface area contributed by atoms with Gasteiger partial charge in [0.15, 0.2) is 0 Å². The Bertz CT molecular complexity index is 929. The van der Waals surface area contributed by atoms with Crippen LogP contribution in [-0.2, 0) is 11.2 Å². The summed E-state index contributed by atoms with van der Waals surface area (Å²) in [5.41, 5.74) is 2.59. The van der Waals surface area contributed by atoms with E-state index in [1.807, 2.05) is 24.3 Å². The lowest BCUT2D eigenvalue weighted by Gasteiger charge is -2.09. The fourth-order valence-electron chi connectivity index (χ4n) is 2.39. The molecule has 0 unspecified atom stereocenters. The van der Waals surface area contributed by atoms with E-state index in [-0.39, 0.29) is 18.2 Å². The van der Waals surface area contributed by atoms with Crippen molar-refractivity contribution in [3.8, 4) is 0 Å². The summed E-state index contributed by atoms with van der Waals surface area (Å²) in [6, 6.07) is 18.0. The first kappa shape index (κ1) is 17.8. The molecule has 2 aromatic carbocycles. The fourth-order valence-corrected chi connectivity index (χ4v) is 2.82. The number of halogens is 1. The Balaban J connectivity index is 1.65. The zero-order chi connectivity index (χ0) is 18.4. The molecule has 0 fully saturated rings. The molecule has 1 aromatic heterocycles. The smallest absolute Gasteiger partial charge is 0.257 e. The Labute approximate surface area is 159 Å². The maximum Gasteiger partial charge on any atom is 0.257 e. The summed E-state index contributed by atoms with van der Waals surface area (Å²) < 4.78 is 0.896. The van der Waals surface area contributed by atoms with Crippen LogP contribution in [0.25, 0.3) is 0 Å². The molecule has 0 bridgehead atoms. The number of hydrogen-bond donors (Lipinski definition) is 2. The van der Waals surface area contributed by atoms with E-state index in [0.29, 0.717) is 16.9 Å². The fraction of sp³-hybridized carbons (Fsp3) is 0.0500. The van der Waals surface area contributed by atoms with E-state index in [2.05, 4.69) is 31.5 Å². The van der Waals surface area contributed by atoms with Crippen LogP contribution in [0.3, 0.4) is 0 Å². The number of carbonyl (C=O) groups is 2. The highest BCUT2D eigenvalue weighted by atomic mass is 79.9. The van der Waals surface area contributed by atoms with Crippen molar-refractivity contribution in [2.24, 2.45) is 0 Å². The molecular weight excluding hydrogens is 394 g/mol. The number of anilines is 2. The zero-order valence-electron chi connectivity index (χ0n) is 13.8. The molecule has 26 heavy (non-hydrogen) atoms. The van der Waals surface area contributed by atoms with Crippen molar-refractivity contribution < 1.29 is 9.59 Å². The predicted octanol–water partition coefficient (Wildman–Crippen LogP) is 4.28. The number of aromatic nitrogens is 1. The van der Waals surface area contributed by atoms with Crippen molar-refractivity contribution in [2.75, 3.05) is 10.6 Å². The lowest BCUT2D eigenvalue weighted by molar-refractivity contribution is -0.115. The van der Waals surface area contributed by atoms with Crippen LogP contribution in [0.1, 0.15) is 15.9 Å². The molecule has 3 aromatic rings. The van der Waals surface area contributed by atoms with Gasteiger partial charge in [0.25, 0.3) is 5.91 Å². The molecule has 0 spiro atoms. The summed E-state index contributed by atoms with van der Waals surface area (Å²) >= 11 is 3.44. The van der Waals surface area contributed by atoms with E-state index >= 15 is 0 Å². The van der Waals surface area contributed by atoms with Crippen LogP contribution in [0.15, 0.2) is 77.5 Å². The predicted molar refractivity (Wildman–Crippen MR) is 105 cm³/mol. The van der Waals surface area contributed by atoms with Crippen molar-refractivity contribution in [3.63, 3.8) is 0 Å². The average Bonchev–Trinajstić information content (AvgIpc) is 2.64. The minimum atomic E-state index is -0.255. The number of hydrogen-bond acceptors (Lipinski definition) is 3. The van der Waals surface area contributed by atoms with Crippen LogP contribution in [0.4, 0.5) is 11.4 Å². The van der Waals surface area contributed by atoms with Crippen LogP contribution in [0.5, 0.6) is 0 Å². The molecule has 0 aliphatic carbocycles. The molecule has 3 rings (SSSR count). The molecular formula is C20H16BrN3O2. The van der Waals surface area contributed by atoms with Gasteiger partial charge in [-0.1, -0.05) is 40.2 Å². The number of amides is 2. The minimum Gasteiger partial charge on any atom is -0.326 e. The third kappa shape index (κ3) is 4.77. The van der Waals surface area contributed by atoms with Gasteiger partial charge in [-0.2, -0.15) is 0 Å². The Hall–Kier alpha value is -2.99. The van der Waals surface area contributed by atoms with Gasteiger partial charge in [0.1, 0.15) is 0 Å². The van der Waals surface area contributed by atoms with Gasteiger partial charge < -0.3 is 10.6 Å². The maximum atomic E-state index is 12.3. The second kappa shape index (κ2) is 8.40. The molecule has 2 amide bonds. The summed E-state index contributed by atoms with van der Waals surface area (Å²) in [6.45, 7) is 0. The topological polar surface area (TPSA) is 71.1 Å². The second-order valence-electron chi connectivity index (χ2n) is 5.59. The first-order chi connectivity index (χ1) is 12.6. The Kier molecular flexibility index (Phi) is 5.76. The van der Waals surface area contributed by atoms with Gasteiger partial charge >= 0.3 is 0 Å². The number of nitrogens with zero attached hydrogens (tertiary/aromatic N) is 1. The van der Waals surface area contributed by atoms with Crippen molar-refractivity contribution in [2.45, 2.75) is 6.42 Å². The van der Waals surface area contributed by atoms with E-state index in [0.717, 1.165) is 10.0 Å². The maximum absolute atomic E-state index is 12.3. The summed E-state index contributed by atoms with van der Waals surface area (Å²) in [4.78, 5) is 28.4. The Morgan fingerprint density at radius 2 is 1.69 bits per heavy atom. The van der Waals surface area contributed by atoms with Crippen LogP contribution in [0.2, 0.25) is 0 Å². The third-order valence-corrected chi connectivity index (χ3v) is 4.41. The van der Waals surface area contributed by atoms with E-state index in [9.17, 15) is 9.59 Å². The number of carbonyl (C=O) groups excluding carboxylic acids is 2. The van der Waals surface area contributed by atoms with Gasteiger partial charge in [-0.25, -0.2) is 0 Å². The van der Waals surface area contributed by atoms with Gasteiger partial charge in [0, 0.05) is 28.2 Å². The third-order valence-electron chi connectivity index (χ3n) is 3.64. The first-order valence-electron chi connectivity index (χ1n) is 7.96. The molecule has 5 nitrogen and oxygen atoms in total. The Morgan fingerprint density at radius 1 is 0.923 bits per heavy atom. The van der Waals surface area contributed by atoms with Gasteiger partial charge in [0.05, 0.1) is 12.0 Å². The SMILES string of the molecule is O=C(Cc1ccccc1Br)Nc1cccc(NC(=O)c2cccnc2)c1. The van der Waals surface area contributed by atoms with Crippen LogP contribution >= 0.6 is 15.9 Å². The largest absolute Gasteiger partial charge is 0.326 e. The van der Waals surface area contributed by atoms with Gasteiger partial charge in [-0.15, -0.1) is 0 Å². The lowest BCUT2D eigenvalue weighted by Crippen LogP contribution is -2.15. The molecule has 0 aliphatic rings. The summed E-state index contributed by atoms with van der Waals surface area (Å²) in [6.07, 6.45) is 3.37. The molecule has 0 aliphatic heterocycles. The van der Waals surface area contributed by atoms with E-state index in [1.54, 1.807) is 42.6 Å². The highest BCUT2D eigenvalue weighted by molar-refractivity contribution is 9.10. The quantitative estimate of drug-likeness (QED) is 0.660. The molecule has 2 N–H and O–H groups in total. The number of nitrogens with one attached hydrogen (secondary N) is 2. The standard InChI is InChI=1S/C20H16BrN3O2/c21-18-9-2-1-5-14(18)11-19(25)23-16-7-3-8-17(12-16)24-20(26)15-6-4-10-22-13-15/h1-10,12-13H,11H2,(H,23,25)(H,24,26). The van der Waals surface area contributed by atoms with Crippen molar-refractivity contribution in [1.82, 2.24) is 4.98 Å². The monoisotopic (exact) mass is 409 g/mol. The van der Waals surface area contributed by atoms with Crippen molar-refractivity contribution >= 4 is 39.1 Å². The molecule has 0 saturated carbocycles. The van der Waals surface area contributed by atoms with Gasteiger partial charge in [0.2, 0.25) is 5.91 Å². The van der Waals surface area contributed by atoms with Crippen LogP contribution < -0.4 is 10.6 Å². The normalized spacial score (nSPS) is 10.2. The Morgan fingerprint density at radius 3 is 2.42 bits per heavy atom. The van der Waals surface area contributed by atoms with E-state index in [4.69, 9.17) is 0 Å². The average molecular weight is 410 g/mol. The zero-order valence-corrected chi connectivity index (χ0v) is 15.4. The highest BCUT2D eigenvalue weighted by Crippen LogP contribution is 2.19. The molecule has 0 radical (unpaired) electrons. The molecule has 130 valence electrons. The van der Waals surface area contributed by atoms with Crippen molar-refractivity contribution in [1.29, 1.82) is 0 Å². The molecule has 0 saturated heterocycles. The highest BCUT2D eigenvalue weighted by Gasteiger charge is 2.09. The minimum absolute atomic E-state index is 0.132. The van der Waals surface area contributed by atoms with E-state index in [1.165, 1.54) is 6.20 Å². The molecule has 1 heterocycles. The second-order valence-corrected chi connectivity index (χ2v) is 6.45. The van der Waals surface area contributed by atoms with Gasteiger partial charge in [-0.3, -0.25) is 14.6 Å². The van der Waals surface area contributed by atoms with Gasteiger partial charge in [-0.05, 0) is 42.0 Å². The van der Waals surface area contributed by atoms with Crippen LogP contribution in [0, 0.1) is 0 Å². The number of pyridine rings is 1. The molecule has 0 atom stereocenters. The summed E-state index contributed by atoms with van der Waals surface area (Å²) in [5, 5.41) is 5.64. The lowest BCUT2D eigenvalue weighted by atomic mass is 10.1. The van der Waals surface area contributed by atoms with Crippen LogP contribution in [-0.4, -0.2) is 16.8 Å². The van der Waals surface area contributed by atoms with Crippen molar-refractivity contribution in [3.05, 3.63) is 88.7 Å². The molecule has 6 heteroatoms. The summed E-state index contributed by atoms with van der Waals surface area (Å²) in [7, 11) is 0. The number of benzene rings is 2.